The Balaban J connectivity index is 1.32. The quantitative estimate of drug-likeness (QED) is 0.310. The maximum absolute atomic E-state index is 5.12. The maximum Gasteiger partial charge on any atom is 0.137 e. The van der Waals surface area contributed by atoms with Crippen LogP contribution in [-0.2, 0) is 5.41 Å². The monoisotopic (exact) mass is 492 g/mol. The molecular formula is C33H40N4. The lowest BCUT2D eigenvalue weighted by atomic mass is 9.86. The minimum atomic E-state index is 0.116. The molecule has 1 N–H and O–H groups in total. The minimum Gasteiger partial charge on any atom is -0.342 e. The maximum atomic E-state index is 5.12. The van der Waals surface area contributed by atoms with Gasteiger partial charge in [-0.2, -0.15) is 0 Å². The number of imidazole rings is 1. The predicted octanol–water partition coefficient (Wildman–Crippen LogP) is 7.15. The second-order valence-corrected chi connectivity index (χ2v) is 11.4. The fraction of sp³-hybridized carbons (Fsp3) is 0.364. The molecule has 1 atom stereocenters. The van der Waals surface area contributed by atoms with Crippen LogP contribution >= 0.6 is 0 Å². The molecule has 0 radical (unpaired) electrons. The first-order valence-corrected chi connectivity index (χ1v) is 13.6. The van der Waals surface area contributed by atoms with Gasteiger partial charge in [-0.3, -0.25) is 9.80 Å². The molecule has 0 aliphatic carbocycles. The van der Waals surface area contributed by atoms with E-state index in [0.717, 1.165) is 49.0 Å². The van der Waals surface area contributed by atoms with E-state index in [4.69, 9.17) is 4.98 Å². The van der Waals surface area contributed by atoms with Gasteiger partial charge in [0.05, 0.1) is 17.8 Å². The number of hydrogen-bond donors (Lipinski definition) is 1. The number of nitrogens with zero attached hydrogens (tertiary/aromatic N) is 3. The highest BCUT2D eigenvalue weighted by Crippen LogP contribution is 2.33. The van der Waals surface area contributed by atoms with Gasteiger partial charge in [0, 0.05) is 37.4 Å². The molecule has 0 bridgehead atoms. The van der Waals surface area contributed by atoms with E-state index in [1.165, 1.54) is 16.7 Å². The number of aromatic amines is 1. The molecule has 1 aliphatic rings. The summed E-state index contributed by atoms with van der Waals surface area (Å²) in [6.07, 6.45) is 0. The predicted molar refractivity (Wildman–Crippen MR) is 154 cm³/mol. The van der Waals surface area contributed by atoms with Gasteiger partial charge in [-0.15, -0.1) is 0 Å². The molecule has 1 aliphatic heterocycles. The van der Waals surface area contributed by atoms with Gasteiger partial charge in [-0.05, 0) is 42.0 Å². The summed E-state index contributed by atoms with van der Waals surface area (Å²) in [4.78, 5) is 13.9. The van der Waals surface area contributed by atoms with Gasteiger partial charge in [0.15, 0.2) is 0 Å². The molecule has 1 saturated heterocycles. The second-order valence-electron chi connectivity index (χ2n) is 11.4. The average Bonchev–Trinajstić information content (AvgIpc) is 3.31. The molecule has 192 valence electrons. The Labute approximate surface area is 222 Å². The van der Waals surface area contributed by atoms with Crippen molar-refractivity contribution in [3.63, 3.8) is 0 Å². The topological polar surface area (TPSA) is 35.2 Å². The van der Waals surface area contributed by atoms with Crippen LogP contribution < -0.4 is 0 Å². The van der Waals surface area contributed by atoms with E-state index in [-0.39, 0.29) is 17.5 Å². The molecule has 37 heavy (non-hydrogen) atoms. The van der Waals surface area contributed by atoms with E-state index in [9.17, 15) is 0 Å². The Morgan fingerprint density at radius 1 is 0.757 bits per heavy atom. The summed E-state index contributed by atoms with van der Waals surface area (Å²) >= 11 is 0. The molecule has 5 rings (SSSR count). The van der Waals surface area contributed by atoms with E-state index in [2.05, 4.69) is 134 Å². The number of H-pyrrole nitrogens is 1. The lowest BCUT2D eigenvalue weighted by Crippen LogP contribution is -2.48. The molecule has 0 amide bonds. The van der Waals surface area contributed by atoms with Crippen LogP contribution in [0.1, 0.15) is 67.9 Å². The molecule has 1 fully saturated rings. The lowest BCUT2D eigenvalue weighted by Gasteiger charge is -2.41. The lowest BCUT2D eigenvalue weighted by molar-refractivity contribution is 0.0826. The summed E-state index contributed by atoms with van der Waals surface area (Å²) in [6, 6.07) is 31.2. The van der Waals surface area contributed by atoms with Crippen LogP contribution in [-0.4, -0.2) is 45.9 Å². The van der Waals surface area contributed by atoms with Crippen molar-refractivity contribution < 1.29 is 0 Å². The number of benzene rings is 3. The molecule has 4 heteroatoms. The smallest absolute Gasteiger partial charge is 0.137 e. The first kappa shape index (κ1) is 25.4. The summed E-state index contributed by atoms with van der Waals surface area (Å²) in [7, 11) is 0. The van der Waals surface area contributed by atoms with E-state index in [1.807, 2.05) is 0 Å². The first-order chi connectivity index (χ1) is 17.8. The number of piperazine rings is 1. The Hall–Kier alpha value is -3.21. The molecule has 2 heterocycles. The van der Waals surface area contributed by atoms with Gasteiger partial charge >= 0.3 is 0 Å². The Morgan fingerprint density at radius 2 is 1.32 bits per heavy atom. The van der Waals surface area contributed by atoms with Gasteiger partial charge in [0.2, 0.25) is 0 Å². The highest BCUT2D eigenvalue weighted by Gasteiger charge is 2.30. The van der Waals surface area contributed by atoms with Crippen molar-refractivity contribution in [1.29, 1.82) is 0 Å². The van der Waals surface area contributed by atoms with E-state index in [1.54, 1.807) is 0 Å². The van der Waals surface area contributed by atoms with Crippen LogP contribution in [0.15, 0.2) is 84.9 Å². The standard InChI is InChI=1S/C33H40N4/c1-24-30(35-32(34-24)28-17-12-18-29(23-28)33(3,4)5)25(2)36-19-21-37(22-20-36)31(26-13-8-6-9-14-26)27-15-10-7-11-16-27/h6-18,23,25,31H,19-22H2,1-5H3,(H,34,35). The van der Waals surface area contributed by atoms with Crippen LogP contribution in [0.3, 0.4) is 0 Å². The van der Waals surface area contributed by atoms with Crippen LogP contribution in [0.2, 0.25) is 0 Å². The fourth-order valence-electron chi connectivity index (χ4n) is 5.59. The minimum absolute atomic E-state index is 0.116. The zero-order valence-corrected chi connectivity index (χ0v) is 22.9. The van der Waals surface area contributed by atoms with Gasteiger partial charge in [0.1, 0.15) is 5.82 Å². The molecule has 1 aromatic heterocycles. The van der Waals surface area contributed by atoms with Crippen LogP contribution in [0, 0.1) is 6.92 Å². The van der Waals surface area contributed by atoms with Crippen LogP contribution in [0.4, 0.5) is 0 Å². The molecule has 3 aromatic carbocycles. The van der Waals surface area contributed by atoms with Gasteiger partial charge in [-0.1, -0.05) is 99.6 Å². The molecule has 1 unspecified atom stereocenters. The van der Waals surface area contributed by atoms with Crippen molar-refractivity contribution >= 4 is 0 Å². The third kappa shape index (κ3) is 5.56. The van der Waals surface area contributed by atoms with Crippen LogP contribution in [0.5, 0.6) is 0 Å². The van der Waals surface area contributed by atoms with Crippen LogP contribution in [0.25, 0.3) is 11.4 Å². The van der Waals surface area contributed by atoms with E-state index < -0.39 is 0 Å². The highest BCUT2D eigenvalue weighted by atomic mass is 15.3. The second kappa shape index (κ2) is 10.6. The third-order valence-corrected chi connectivity index (χ3v) is 7.81. The molecule has 0 spiro atoms. The Kier molecular flexibility index (Phi) is 7.32. The Morgan fingerprint density at radius 3 is 1.89 bits per heavy atom. The first-order valence-electron chi connectivity index (χ1n) is 13.6. The van der Waals surface area contributed by atoms with Gasteiger partial charge in [0.25, 0.3) is 0 Å². The summed E-state index contributed by atoms with van der Waals surface area (Å²) in [5, 5.41) is 0. The van der Waals surface area contributed by atoms with Crippen molar-refractivity contribution in [2.75, 3.05) is 26.2 Å². The molecule has 0 saturated carbocycles. The summed E-state index contributed by atoms with van der Waals surface area (Å²) in [5.74, 6) is 0.970. The zero-order chi connectivity index (χ0) is 26.0. The number of hydrogen-bond acceptors (Lipinski definition) is 3. The number of rotatable bonds is 6. The third-order valence-electron chi connectivity index (χ3n) is 7.81. The van der Waals surface area contributed by atoms with Crippen molar-refractivity contribution in [3.8, 4) is 11.4 Å². The van der Waals surface area contributed by atoms with Crippen molar-refractivity contribution in [1.82, 2.24) is 19.8 Å². The summed E-state index contributed by atoms with van der Waals surface area (Å²) < 4.78 is 0. The number of nitrogens with one attached hydrogen (secondary N) is 1. The number of aromatic nitrogens is 2. The SMILES string of the molecule is Cc1[nH]c(-c2cccc(C(C)(C)C)c2)nc1C(C)N1CCN(C(c2ccccc2)c2ccccc2)CC1. The van der Waals surface area contributed by atoms with E-state index in [0.29, 0.717) is 0 Å². The zero-order valence-electron chi connectivity index (χ0n) is 22.9. The molecular weight excluding hydrogens is 452 g/mol. The molecule has 4 aromatic rings. The van der Waals surface area contributed by atoms with Crippen molar-refractivity contribution in [2.24, 2.45) is 0 Å². The van der Waals surface area contributed by atoms with Gasteiger partial charge in [-0.25, -0.2) is 4.98 Å². The highest BCUT2D eigenvalue weighted by molar-refractivity contribution is 5.58. The number of aryl methyl sites for hydroxylation is 1. The van der Waals surface area contributed by atoms with E-state index >= 15 is 0 Å². The largest absolute Gasteiger partial charge is 0.342 e. The Bertz CT molecular complexity index is 1260. The normalized spacial score (nSPS) is 16.3. The average molecular weight is 493 g/mol. The van der Waals surface area contributed by atoms with Gasteiger partial charge < -0.3 is 4.98 Å². The molecule has 4 nitrogen and oxygen atoms in total. The summed E-state index contributed by atoms with van der Waals surface area (Å²) in [5.41, 5.74) is 7.65. The summed E-state index contributed by atoms with van der Waals surface area (Å²) in [6.45, 7) is 15.3. The fourth-order valence-corrected chi connectivity index (χ4v) is 5.59. The van der Waals surface area contributed by atoms with Crippen molar-refractivity contribution in [2.45, 2.75) is 52.1 Å². The van der Waals surface area contributed by atoms with Crippen molar-refractivity contribution in [3.05, 3.63) is 113 Å².